The maximum atomic E-state index is 5.90. The molecule has 2 N–H and O–H groups in total. The first kappa shape index (κ1) is 11.6. The normalized spacial score (nSPS) is 20.1. The minimum Gasteiger partial charge on any atom is -0.401 e. The minimum atomic E-state index is 0.355. The molecule has 0 aromatic rings. The molecule has 0 unspecified atom stereocenters. The Kier molecular flexibility index (Phi) is 3.72. The van der Waals surface area contributed by atoms with Crippen molar-refractivity contribution in [1.29, 1.82) is 0 Å². The Hall–Kier alpha value is -1.51. The van der Waals surface area contributed by atoms with Crippen molar-refractivity contribution in [2.45, 2.75) is 27.7 Å². The van der Waals surface area contributed by atoms with Gasteiger partial charge in [-0.05, 0) is 31.9 Å². The van der Waals surface area contributed by atoms with Crippen LogP contribution in [0.4, 0.5) is 0 Å². The highest BCUT2D eigenvalue weighted by Crippen LogP contribution is 2.24. The van der Waals surface area contributed by atoms with Gasteiger partial charge in [0.2, 0.25) is 0 Å². The summed E-state index contributed by atoms with van der Waals surface area (Å²) in [5.74, 6) is 0.355. The van der Waals surface area contributed by atoms with Gasteiger partial charge in [0.15, 0.2) is 0 Å². The third-order valence-electron chi connectivity index (χ3n) is 2.25. The van der Waals surface area contributed by atoms with E-state index >= 15 is 0 Å². The molecule has 0 saturated carbocycles. The van der Waals surface area contributed by atoms with Crippen LogP contribution in [0.5, 0.6) is 0 Å². The van der Waals surface area contributed by atoms with Crippen LogP contribution in [0.15, 0.2) is 40.4 Å². The highest BCUT2D eigenvalue weighted by Gasteiger charge is 2.17. The smallest absolute Gasteiger partial charge is 0.0635 e. The average molecular weight is 205 g/mol. The van der Waals surface area contributed by atoms with E-state index in [4.69, 9.17) is 5.73 Å². The molecule has 1 aliphatic heterocycles. The molecular formula is C12H19N3. The lowest BCUT2D eigenvalue weighted by Crippen LogP contribution is -2.24. The summed E-state index contributed by atoms with van der Waals surface area (Å²) in [6, 6.07) is 0. The van der Waals surface area contributed by atoms with Crippen LogP contribution in [0.1, 0.15) is 27.7 Å². The minimum absolute atomic E-state index is 0.355. The van der Waals surface area contributed by atoms with Gasteiger partial charge >= 0.3 is 0 Å². The van der Waals surface area contributed by atoms with Crippen LogP contribution in [-0.2, 0) is 0 Å². The molecular weight excluding hydrogens is 186 g/mol. The van der Waals surface area contributed by atoms with Crippen molar-refractivity contribution in [3.05, 3.63) is 35.3 Å². The lowest BCUT2D eigenvalue weighted by molar-refractivity contribution is 0.406. The van der Waals surface area contributed by atoms with Crippen molar-refractivity contribution >= 4 is 6.21 Å². The lowest BCUT2D eigenvalue weighted by atomic mass is 10.1. The lowest BCUT2D eigenvalue weighted by Gasteiger charge is -2.28. The Morgan fingerprint density at radius 3 is 2.67 bits per heavy atom. The van der Waals surface area contributed by atoms with E-state index in [1.165, 1.54) is 0 Å². The van der Waals surface area contributed by atoms with E-state index in [1.807, 2.05) is 37.1 Å². The summed E-state index contributed by atoms with van der Waals surface area (Å²) in [6.45, 7) is 8.15. The van der Waals surface area contributed by atoms with Gasteiger partial charge in [-0.3, -0.25) is 0 Å². The zero-order valence-electron chi connectivity index (χ0n) is 9.86. The molecule has 0 spiro atoms. The van der Waals surface area contributed by atoms with Crippen molar-refractivity contribution in [3.8, 4) is 0 Å². The van der Waals surface area contributed by atoms with Crippen LogP contribution in [-0.4, -0.2) is 11.2 Å². The van der Waals surface area contributed by atoms with Crippen LogP contribution in [0.25, 0.3) is 0 Å². The zero-order chi connectivity index (χ0) is 11.4. The molecule has 15 heavy (non-hydrogen) atoms. The van der Waals surface area contributed by atoms with Crippen molar-refractivity contribution in [2.75, 3.05) is 0 Å². The van der Waals surface area contributed by atoms with Crippen LogP contribution >= 0.6 is 0 Å². The van der Waals surface area contributed by atoms with Crippen molar-refractivity contribution in [2.24, 2.45) is 16.8 Å². The first-order valence-corrected chi connectivity index (χ1v) is 5.21. The number of nitrogens with two attached hydrogens (primary N) is 1. The molecule has 0 aromatic carbocycles. The van der Waals surface area contributed by atoms with Crippen molar-refractivity contribution in [3.63, 3.8) is 0 Å². The van der Waals surface area contributed by atoms with Gasteiger partial charge in [0, 0.05) is 11.9 Å². The maximum absolute atomic E-state index is 5.90. The summed E-state index contributed by atoms with van der Waals surface area (Å²) >= 11 is 0. The fourth-order valence-corrected chi connectivity index (χ4v) is 1.67. The zero-order valence-corrected chi connectivity index (χ0v) is 9.86. The second kappa shape index (κ2) is 4.82. The SMILES string of the molecule is C/C=C1/C=CC=NN1/C(=C(/C)N)C(C)C. The topological polar surface area (TPSA) is 41.6 Å². The van der Waals surface area contributed by atoms with Gasteiger partial charge < -0.3 is 5.73 Å². The fraction of sp³-hybridized carbons (Fsp3) is 0.417. The Morgan fingerprint density at radius 1 is 1.53 bits per heavy atom. The molecule has 0 aliphatic carbocycles. The number of hydrogen-bond acceptors (Lipinski definition) is 3. The second-order valence-electron chi connectivity index (χ2n) is 3.87. The van der Waals surface area contributed by atoms with Crippen molar-refractivity contribution < 1.29 is 0 Å². The standard InChI is InChI=1S/C12H19N3/c1-5-11-7-6-8-14-15(11)12(9(2)3)10(4)13/h5-9H,13H2,1-4H3/b11-5-,12-10-. The van der Waals surface area contributed by atoms with E-state index in [9.17, 15) is 0 Å². The van der Waals surface area contributed by atoms with E-state index < -0.39 is 0 Å². The summed E-state index contributed by atoms with van der Waals surface area (Å²) in [6.07, 6.45) is 7.75. The third-order valence-corrected chi connectivity index (χ3v) is 2.25. The Bertz CT molecular complexity index is 342. The Morgan fingerprint density at radius 2 is 2.20 bits per heavy atom. The number of nitrogens with zero attached hydrogens (tertiary/aromatic N) is 2. The second-order valence-corrected chi connectivity index (χ2v) is 3.87. The van der Waals surface area contributed by atoms with E-state index in [0.29, 0.717) is 5.92 Å². The van der Waals surface area contributed by atoms with Gasteiger partial charge in [-0.15, -0.1) is 0 Å². The first-order valence-electron chi connectivity index (χ1n) is 5.21. The van der Waals surface area contributed by atoms with Gasteiger partial charge in [0.25, 0.3) is 0 Å². The number of rotatable bonds is 2. The summed E-state index contributed by atoms with van der Waals surface area (Å²) in [7, 11) is 0. The summed E-state index contributed by atoms with van der Waals surface area (Å²) in [5.41, 5.74) is 8.83. The molecule has 0 radical (unpaired) electrons. The molecule has 3 heteroatoms. The van der Waals surface area contributed by atoms with E-state index in [1.54, 1.807) is 6.21 Å². The maximum Gasteiger partial charge on any atom is 0.0635 e. The molecule has 82 valence electrons. The highest BCUT2D eigenvalue weighted by molar-refractivity contribution is 5.73. The van der Waals surface area contributed by atoms with Crippen LogP contribution in [0.2, 0.25) is 0 Å². The predicted octanol–water partition coefficient (Wildman–Crippen LogP) is 2.59. The summed E-state index contributed by atoms with van der Waals surface area (Å²) < 4.78 is 0. The highest BCUT2D eigenvalue weighted by atomic mass is 15.5. The molecule has 0 amide bonds. The molecule has 1 heterocycles. The van der Waals surface area contributed by atoms with Gasteiger partial charge in [-0.1, -0.05) is 19.9 Å². The molecule has 1 rings (SSSR count). The quantitative estimate of drug-likeness (QED) is 0.753. The van der Waals surface area contributed by atoms with Crippen molar-refractivity contribution in [1.82, 2.24) is 5.01 Å². The third kappa shape index (κ3) is 2.49. The first-order chi connectivity index (χ1) is 7.07. The fourth-order valence-electron chi connectivity index (χ4n) is 1.67. The van der Waals surface area contributed by atoms with Gasteiger partial charge in [-0.2, -0.15) is 5.10 Å². The van der Waals surface area contributed by atoms with Gasteiger partial charge in [0.1, 0.15) is 0 Å². The summed E-state index contributed by atoms with van der Waals surface area (Å²) in [5, 5.41) is 6.24. The van der Waals surface area contributed by atoms with Crippen LogP contribution in [0, 0.1) is 5.92 Å². The van der Waals surface area contributed by atoms with Gasteiger partial charge in [0.05, 0.1) is 11.4 Å². The van der Waals surface area contributed by atoms with Crippen LogP contribution < -0.4 is 5.73 Å². The van der Waals surface area contributed by atoms with E-state index in [2.05, 4.69) is 18.9 Å². The number of hydrogen-bond donors (Lipinski definition) is 1. The average Bonchev–Trinajstić information content (AvgIpc) is 2.17. The van der Waals surface area contributed by atoms with E-state index in [-0.39, 0.29) is 0 Å². The van der Waals surface area contributed by atoms with Gasteiger partial charge in [-0.25, -0.2) is 5.01 Å². The summed E-state index contributed by atoms with van der Waals surface area (Å²) in [4.78, 5) is 0. The molecule has 3 nitrogen and oxygen atoms in total. The molecule has 0 atom stereocenters. The molecule has 0 saturated heterocycles. The van der Waals surface area contributed by atoms with Crippen LogP contribution in [0.3, 0.4) is 0 Å². The Balaban J connectivity index is 3.10. The molecule has 0 aromatic heterocycles. The number of hydrazone groups is 1. The van der Waals surface area contributed by atoms with E-state index in [0.717, 1.165) is 17.1 Å². The molecule has 0 fully saturated rings. The largest absolute Gasteiger partial charge is 0.401 e. The number of allylic oxidation sites excluding steroid dienone is 5. The predicted molar refractivity (Wildman–Crippen MR) is 65.0 cm³/mol. The molecule has 1 aliphatic rings. The Labute approximate surface area is 91.6 Å². The monoisotopic (exact) mass is 205 g/mol. The molecule has 0 bridgehead atoms.